The average Bonchev–Trinajstić information content (AvgIpc) is 2.98. The van der Waals surface area contributed by atoms with Crippen LogP contribution < -0.4 is 10.1 Å². The molecule has 8 heteroatoms. The Bertz CT molecular complexity index is 832. The molecule has 0 atom stereocenters. The Hall–Kier alpha value is -2.25. The van der Waals surface area contributed by atoms with E-state index in [1.54, 1.807) is 26.2 Å². The van der Waals surface area contributed by atoms with E-state index < -0.39 is 11.7 Å². The first-order valence-electron chi connectivity index (χ1n) is 10.2. The Labute approximate surface area is 181 Å². The molecule has 1 saturated carbocycles. The van der Waals surface area contributed by atoms with Crippen LogP contribution >= 0.6 is 11.6 Å². The van der Waals surface area contributed by atoms with Crippen molar-refractivity contribution in [2.45, 2.75) is 57.6 Å². The largest absolute Gasteiger partial charge is 0.513 e. The van der Waals surface area contributed by atoms with Crippen LogP contribution in [-0.4, -0.2) is 44.5 Å². The topological polar surface area (TPSA) is 83.1 Å². The molecule has 1 N–H and O–H groups in total. The molecule has 1 amide bonds. The second-order valence-corrected chi connectivity index (χ2v) is 7.89. The summed E-state index contributed by atoms with van der Waals surface area (Å²) < 4.78 is 21.7. The van der Waals surface area contributed by atoms with E-state index in [2.05, 4.69) is 5.32 Å². The number of nitrogens with one attached hydrogen (secondary N) is 1. The third kappa shape index (κ3) is 4.14. The van der Waals surface area contributed by atoms with Gasteiger partial charge in [0.05, 0.1) is 30.9 Å². The monoisotopic (exact) mass is 437 g/mol. The Morgan fingerprint density at radius 3 is 2.50 bits per heavy atom. The predicted octanol–water partition coefficient (Wildman–Crippen LogP) is 4.25. The summed E-state index contributed by atoms with van der Waals surface area (Å²) in [6.07, 6.45) is 2.54. The van der Waals surface area contributed by atoms with E-state index in [9.17, 15) is 9.59 Å². The van der Waals surface area contributed by atoms with Gasteiger partial charge in [-0.1, -0.05) is 18.5 Å². The third-order valence-corrected chi connectivity index (χ3v) is 6.03. The van der Waals surface area contributed by atoms with E-state index in [4.69, 9.17) is 30.5 Å². The van der Waals surface area contributed by atoms with E-state index in [1.807, 2.05) is 6.92 Å². The molecule has 30 heavy (non-hydrogen) atoms. The highest BCUT2D eigenvalue weighted by Crippen LogP contribution is 2.46. The smallest absolute Gasteiger partial charge is 0.496 e. The van der Waals surface area contributed by atoms with Crippen molar-refractivity contribution in [2.75, 3.05) is 20.8 Å². The zero-order valence-corrected chi connectivity index (χ0v) is 18.6. The van der Waals surface area contributed by atoms with Crippen LogP contribution in [0.3, 0.4) is 0 Å². The Morgan fingerprint density at radius 1 is 1.23 bits per heavy atom. The molecule has 7 nitrogen and oxygen atoms in total. The molecule has 164 valence electrons. The molecule has 1 aliphatic heterocycles. The van der Waals surface area contributed by atoms with Gasteiger partial charge in [-0.15, -0.1) is 0 Å². The number of carbonyl (C=O) groups excluding carboxylic acids is 2. The van der Waals surface area contributed by atoms with Crippen LogP contribution in [-0.2, 0) is 25.4 Å². The number of methoxy groups -OCH3 is 2. The summed E-state index contributed by atoms with van der Waals surface area (Å²) in [5.41, 5.74) is 0.928. The molecule has 1 fully saturated rings. The van der Waals surface area contributed by atoms with Crippen molar-refractivity contribution in [3.63, 3.8) is 0 Å². The minimum atomic E-state index is -0.833. The van der Waals surface area contributed by atoms with Gasteiger partial charge in [-0.05, 0) is 56.7 Å². The number of amides is 1. The van der Waals surface area contributed by atoms with E-state index in [0.29, 0.717) is 41.2 Å². The van der Waals surface area contributed by atoms with Gasteiger partial charge in [0.25, 0.3) is 5.91 Å². The molecule has 1 aliphatic carbocycles. The van der Waals surface area contributed by atoms with Gasteiger partial charge in [0.2, 0.25) is 0 Å². The fourth-order valence-corrected chi connectivity index (χ4v) is 4.55. The van der Waals surface area contributed by atoms with Crippen LogP contribution in [0.1, 0.15) is 50.7 Å². The van der Waals surface area contributed by atoms with Gasteiger partial charge in [-0.3, -0.25) is 4.79 Å². The first-order chi connectivity index (χ1) is 14.4. The highest BCUT2D eigenvalue weighted by molar-refractivity contribution is 6.31. The Kier molecular flexibility index (Phi) is 6.93. The quantitative estimate of drug-likeness (QED) is 0.670. The molecular formula is C22H28ClNO6. The van der Waals surface area contributed by atoms with Gasteiger partial charge in [0, 0.05) is 17.7 Å². The first-order valence-corrected chi connectivity index (χ1v) is 10.6. The summed E-state index contributed by atoms with van der Waals surface area (Å²) in [7, 11) is 3.20. The van der Waals surface area contributed by atoms with Crippen molar-refractivity contribution in [1.29, 1.82) is 0 Å². The Morgan fingerprint density at radius 2 is 1.93 bits per heavy atom. The van der Waals surface area contributed by atoms with Crippen molar-refractivity contribution >= 4 is 29.2 Å². The first kappa shape index (κ1) is 22.4. The highest BCUT2D eigenvalue weighted by atomic mass is 35.5. The lowest BCUT2D eigenvalue weighted by Crippen LogP contribution is -2.49. The molecule has 0 saturated heterocycles. The molecule has 0 aromatic heterocycles. The van der Waals surface area contributed by atoms with E-state index >= 15 is 0 Å². The fourth-order valence-electron chi connectivity index (χ4n) is 4.32. The molecule has 1 aromatic carbocycles. The number of hydrogen-bond acceptors (Lipinski definition) is 6. The normalized spacial score (nSPS) is 23.5. The molecule has 0 radical (unpaired) electrons. The van der Waals surface area contributed by atoms with Crippen LogP contribution in [0.15, 0.2) is 17.9 Å². The van der Waals surface area contributed by atoms with Crippen molar-refractivity contribution in [3.05, 3.63) is 34.0 Å². The standard InChI is InChI=1S/C22H28ClNO6/c1-5-13-11-14(23)12-16(28-4)17(13)18-19(30-21(26)29-6-2)22(24-20(18)25)9-7-15(27-3)8-10-22/h11-12,15H,5-10H2,1-4H3,(H,24,25). The fraction of sp³-hybridized carbons (Fsp3) is 0.545. The van der Waals surface area contributed by atoms with Crippen molar-refractivity contribution in [2.24, 2.45) is 0 Å². The summed E-state index contributed by atoms with van der Waals surface area (Å²) >= 11 is 6.24. The van der Waals surface area contributed by atoms with Crippen molar-refractivity contribution in [3.8, 4) is 5.75 Å². The number of rotatable bonds is 6. The third-order valence-electron chi connectivity index (χ3n) is 5.81. The van der Waals surface area contributed by atoms with Gasteiger partial charge in [-0.2, -0.15) is 0 Å². The predicted molar refractivity (Wildman–Crippen MR) is 113 cm³/mol. The maximum Gasteiger partial charge on any atom is 0.513 e. The number of halogens is 1. The summed E-state index contributed by atoms with van der Waals surface area (Å²) in [6, 6.07) is 3.46. The van der Waals surface area contributed by atoms with Crippen LogP contribution in [0.2, 0.25) is 5.02 Å². The lowest BCUT2D eigenvalue weighted by atomic mass is 9.79. The highest BCUT2D eigenvalue weighted by Gasteiger charge is 2.51. The second kappa shape index (κ2) is 9.27. The molecule has 2 aliphatic rings. The van der Waals surface area contributed by atoms with Gasteiger partial charge in [0.15, 0.2) is 5.76 Å². The summed E-state index contributed by atoms with van der Waals surface area (Å²) in [5.74, 6) is 0.438. The molecular weight excluding hydrogens is 410 g/mol. The number of ether oxygens (including phenoxy) is 4. The lowest BCUT2D eigenvalue weighted by molar-refractivity contribution is -0.116. The molecule has 0 bridgehead atoms. The zero-order chi connectivity index (χ0) is 21.9. The van der Waals surface area contributed by atoms with Crippen molar-refractivity contribution < 1.29 is 28.5 Å². The van der Waals surface area contributed by atoms with Gasteiger partial charge in [0.1, 0.15) is 5.75 Å². The van der Waals surface area contributed by atoms with Crippen molar-refractivity contribution in [1.82, 2.24) is 5.32 Å². The van der Waals surface area contributed by atoms with Gasteiger partial charge in [-0.25, -0.2) is 4.79 Å². The lowest BCUT2D eigenvalue weighted by Gasteiger charge is -2.37. The molecule has 1 heterocycles. The number of carbonyl (C=O) groups is 2. The van der Waals surface area contributed by atoms with E-state index in [1.165, 1.54) is 7.11 Å². The Balaban J connectivity index is 2.18. The van der Waals surface area contributed by atoms with Crippen LogP contribution in [0.4, 0.5) is 4.79 Å². The minimum Gasteiger partial charge on any atom is -0.496 e. The van der Waals surface area contributed by atoms with Crippen LogP contribution in [0.5, 0.6) is 5.75 Å². The summed E-state index contributed by atoms with van der Waals surface area (Å²) in [5, 5.41) is 3.60. The molecule has 3 rings (SSSR count). The molecule has 1 aromatic rings. The SMILES string of the molecule is CCOC(=O)OC1=C(c2c(CC)cc(Cl)cc2OC)C(=O)NC12CCC(OC)CC2. The summed E-state index contributed by atoms with van der Waals surface area (Å²) in [4.78, 5) is 25.5. The van der Waals surface area contributed by atoms with E-state index in [0.717, 1.165) is 18.4 Å². The molecule has 0 unspecified atom stereocenters. The van der Waals surface area contributed by atoms with Crippen LogP contribution in [0, 0.1) is 0 Å². The van der Waals surface area contributed by atoms with E-state index in [-0.39, 0.29) is 24.4 Å². The number of benzene rings is 1. The zero-order valence-electron chi connectivity index (χ0n) is 17.8. The molecule has 1 spiro atoms. The number of aryl methyl sites for hydroxylation is 1. The second-order valence-electron chi connectivity index (χ2n) is 7.46. The average molecular weight is 438 g/mol. The number of hydrogen-bond donors (Lipinski definition) is 1. The maximum atomic E-state index is 13.2. The van der Waals surface area contributed by atoms with Crippen LogP contribution in [0.25, 0.3) is 5.57 Å². The van der Waals surface area contributed by atoms with Gasteiger partial charge < -0.3 is 24.3 Å². The minimum absolute atomic E-state index is 0.108. The summed E-state index contributed by atoms with van der Waals surface area (Å²) in [6.45, 7) is 3.84. The maximum absolute atomic E-state index is 13.2. The van der Waals surface area contributed by atoms with Gasteiger partial charge >= 0.3 is 6.16 Å².